The van der Waals surface area contributed by atoms with Crippen LogP contribution in [0, 0.1) is 0 Å². The van der Waals surface area contributed by atoms with E-state index in [1.807, 2.05) is 60.7 Å². The third kappa shape index (κ3) is 1.81. The molecule has 0 aliphatic carbocycles. The van der Waals surface area contributed by atoms with Crippen LogP contribution in [0.5, 0.6) is 0 Å². The van der Waals surface area contributed by atoms with Crippen LogP contribution in [0.25, 0.3) is 0 Å². The van der Waals surface area contributed by atoms with Crippen LogP contribution in [-0.4, -0.2) is 22.1 Å². The zero-order valence-corrected chi connectivity index (χ0v) is 11.6. The smallest absolute Gasteiger partial charge is 0.310 e. The van der Waals surface area contributed by atoms with E-state index in [1.54, 1.807) is 0 Å². The highest BCUT2D eigenvalue weighted by Gasteiger charge is 2.51. The first-order chi connectivity index (χ1) is 10.8. The normalized spacial score (nSPS) is 23.3. The number of benzene rings is 2. The number of amides is 4. The summed E-state index contributed by atoms with van der Waals surface area (Å²) in [7, 11) is 0. The van der Waals surface area contributed by atoms with Gasteiger partial charge in [-0.15, -0.1) is 0 Å². The molecule has 22 heavy (non-hydrogen) atoms. The molecule has 2 atom stereocenters. The summed E-state index contributed by atoms with van der Waals surface area (Å²) < 4.78 is 0. The summed E-state index contributed by atoms with van der Waals surface area (Å²) in [5.74, 6) is 0. The molecule has 4 rings (SSSR count). The minimum atomic E-state index is -0.484. The standard InChI is InChI=1S/C16H14N4O2/c21-15-17-13(11-7-3-1-4-8-11)19-16(22)18-14(20(15)19)12-9-5-2-6-10-12/h1-10,13-14H,(H,17,21)(H,18,22)/t13-,14-/m0/s1. The average molecular weight is 294 g/mol. The predicted molar refractivity (Wildman–Crippen MR) is 79.1 cm³/mol. The SMILES string of the molecule is O=C1N[C@H](c2ccccc2)N2C(=O)N[C@H](c3ccccc3)N12. The summed E-state index contributed by atoms with van der Waals surface area (Å²) >= 11 is 0. The molecule has 2 aromatic carbocycles. The van der Waals surface area contributed by atoms with Crippen molar-refractivity contribution in [2.75, 3.05) is 0 Å². The Kier molecular flexibility index (Phi) is 2.75. The Morgan fingerprint density at radius 1 is 0.636 bits per heavy atom. The number of hydrazine groups is 1. The van der Waals surface area contributed by atoms with Crippen LogP contribution in [0.4, 0.5) is 9.59 Å². The molecule has 0 radical (unpaired) electrons. The van der Waals surface area contributed by atoms with Gasteiger partial charge < -0.3 is 10.6 Å². The van der Waals surface area contributed by atoms with Crippen molar-refractivity contribution in [2.45, 2.75) is 12.3 Å². The number of urea groups is 2. The monoisotopic (exact) mass is 294 g/mol. The Morgan fingerprint density at radius 2 is 1.00 bits per heavy atom. The van der Waals surface area contributed by atoms with Crippen LogP contribution in [0.2, 0.25) is 0 Å². The third-order valence-corrected chi connectivity index (χ3v) is 3.89. The average Bonchev–Trinajstić information content (AvgIpc) is 3.09. The fourth-order valence-electron chi connectivity index (χ4n) is 2.89. The molecule has 2 aliphatic heterocycles. The van der Waals surface area contributed by atoms with Crippen LogP contribution in [0.15, 0.2) is 60.7 Å². The summed E-state index contributed by atoms with van der Waals surface area (Å²) in [4.78, 5) is 24.7. The van der Waals surface area contributed by atoms with Gasteiger partial charge in [0, 0.05) is 0 Å². The van der Waals surface area contributed by atoms with Crippen LogP contribution in [-0.2, 0) is 0 Å². The summed E-state index contributed by atoms with van der Waals surface area (Å²) in [5, 5.41) is 8.59. The maximum atomic E-state index is 12.3. The van der Waals surface area contributed by atoms with Crippen molar-refractivity contribution in [3.63, 3.8) is 0 Å². The fourth-order valence-corrected chi connectivity index (χ4v) is 2.89. The van der Waals surface area contributed by atoms with E-state index < -0.39 is 12.3 Å². The lowest BCUT2D eigenvalue weighted by molar-refractivity contribution is 0.0672. The van der Waals surface area contributed by atoms with E-state index >= 15 is 0 Å². The highest BCUT2D eigenvalue weighted by Crippen LogP contribution is 2.36. The molecule has 2 fully saturated rings. The lowest BCUT2D eigenvalue weighted by atomic mass is 10.2. The molecule has 2 N–H and O–H groups in total. The Bertz CT molecular complexity index is 656. The van der Waals surface area contributed by atoms with E-state index in [2.05, 4.69) is 10.6 Å². The van der Waals surface area contributed by atoms with Crippen molar-refractivity contribution < 1.29 is 9.59 Å². The highest BCUT2D eigenvalue weighted by atomic mass is 16.2. The zero-order valence-electron chi connectivity index (χ0n) is 11.6. The Labute approximate surface area is 127 Å². The molecule has 0 spiro atoms. The van der Waals surface area contributed by atoms with Gasteiger partial charge in [-0.25, -0.2) is 19.6 Å². The number of hydrogen-bond acceptors (Lipinski definition) is 2. The third-order valence-electron chi connectivity index (χ3n) is 3.89. The second-order valence-electron chi connectivity index (χ2n) is 5.21. The van der Waals surface area contributed by atoms with E-state index in [1.165, 1.54) is 10.0 Å². The first-order valence-electron chi connectivity index (χ1n) is 7.05. The molecule has 2 heterocycles. The highest BCUT2D eigenvalue weighted by molar-refractivity contribution is 5.88. The minimum absolute atomic E-state index is 0.291. The number of hydrogen-bond donors (Lipinski definition) is 2. The minimum Gasteiger partial charge on any atom is -0.310 e. The van der Waals surface area contributed by atoms with E-state index in [4.69, 9.17) is 0 Å². The summed E-state index contributed by atoms with van der Waals surface area (Å²) in [6.07, 6.45) is -0.968. The molecule has 0 saturated carbocycles. The van der Waals surface area contributed by atoms with Crippen molar-refractivity contribution >= 4 is 12.1 Å². The van der Waals surface area contributed by atoms with E-state index in [9.17, 15) is 9.59 Å². The summed E-state index contributed by atoms with van der Waals surface area (Å²) in [5.41, 5.74) is 1.73. The van der Waals surface area contributed by atoms with Crippen molar-refractivity contribution in [2.24, 2.45) is 0 Å². The van der Waals surface area contributed by atoms with Crippen molar-refractivity contribution in [3.8, 4) is 0 Å². The number of rotatable bonds is 2. The maximum Gasteiger partial charge on any atom is 0.340 e. The number of nitrogens with zero attached hydrogens (tertiary/aromatic N) is 2. The van der Waals surface area contributed by atoms with E-state index in [-0.39, 0.29) is 12.1 Å². The van der Waals surface area contributed by atoms with Crippen molar-refractivity contribution in [3.05, 3.63) is 71.8 Å². The van der Waals surface area contributed by atoms with Crippen LogP contribution < -0.4 is 10.6 Å². The molecule has 0 unspecified atom stereocenters. The lowest BCUT2D eigenvalue weighted by Crippen LogP contribution is -2.36. The Hall–Kier alpha value is -3.02. The van der Waals surface area contributed by atoms with Crippen molar-refractivity contribution in [1.82, 2.24) is 20.7 Å². The van der Waals surface area contributed by atoms with Gasteiger partial charge in [0.25, 0.3) is 0 Å². The van der Waals surface area contributed by atoms with Gasteiger partial charge in [0.1, 0.15) is 0 Å². The van der Waals surface area contributed by atoms with Gasteiger partial charge in [-0.3, -0.25) is 0 Å². The van der Waals surface area contributed by atoms with Gasteiger partial charge in [0.2, 0.25) is 0 Å². The molecule has 0 aromatic heterocycles. The topological polar surface area (TPSA) is 64.7 Å². The second-order valence-corrected chi connectivity index (χ2v) is 5.21. The molecule has 6 nitrogen and oxygen atoms in total. The molecule has 2 aliphatic rings. The van der Waals surface area contributed by atoms with E-state index in [0.717, 1.165) is 11.1 Å². The lowest BCUT2D eigenvalue weighted by Gasteiger charge is -2.24. The zero-order chi connectivity index (χ0) is 15.1. The maximum absolute atomic E-state index is 12.3. The molecular formula is C16H14N4O2. The molecule has 6 heteroatoms. The number of carbonyl (C=O) groups is 2. The second kappa shape index (κ2) is 4.77. The molecule has 2 aromatic rings. The molecule has 2 saturated heterocycles. The quantitative estimate of drug-likeness (QED) is 0.893. The van der Waals surface area contributed by atoms with E-state index in [0.29, 0.717) is 0 Å². The molecular weight excluding hydrogens is 280 g/mol. The van der Waals surface area contributed by atoms with Crippen LogP contribution in [0.3, 0.4) is 0 Å². The molecule has 110 valence electrons. The number of carbonyl (C=O) groups excluding carboxylic acids is 2. The molecule has 0 bridgehead atoms. The summed E-state index contributed by atoms with van der Waals surface area (Å²) in [6.45, 7) is 0. The number of fused-ring (bicyclic) bond motifs is 1. The summed E-state index contributed by atoms with van der Waals surface area (Å²) in [6, 6.07) is 18.3. The Morgan fingerprint density at radius 3 is 1.36 bits per heavy atom. The van der Waals surface area contributed by atoms with Crippen LogP contribution >= 0.6 is 0 Å². The van der Waals surface area contributed by atoms with Gasteiger partial charge in [0.15, 0.2) is 12.3 Å². The Balaban J connectivity index is 1.71. The van der Waals surface area contributed by atoms with Gasteiger partial charge in [-0.05, 0) is 11.1 Å². The number of nitrogens with one attached hydrogen (secondary N) is 2. The first kappa shape index (κ1) is 12.7. The van der Waals surface area contributed by atoms with Gasteiger partial charge in [-0.2, -0.15) is 0 Å². The molecule has 4 amide bonds. The predicted octanol–water partition coefficient (Wildman–Crippen LogP) is 2.35. The van der Waals surface area contributed by atoms with Gasteiger partial charge >= 0.3 is 12.1 Å². The van der Waals surface area contributed by atoms with Crippen molar-refractivity contribution in [1.29, 1.82) is 0 Å². The fraction of sp³-hybridized carbons (Fsp3) is 0.125. The van der Waals surface area contributed by atoms with Gasteiger partial charge in [0.05, 0.1) is 0 Å². The largest absolute Gasteiger partial charge is 0.340 e. The first-order valence-corrected chi connectivity index (χ1v) is 7.05. The van der Waals surface area contributed by atoms with Gasteiger partial charge in [-0.1, -0.05) is 60.7 Å². The van der Waals surface area contributed by atoms with Crippen LogP contribution in [0.1, 0.15) is 23.5 Å².